The highest BCUT2D eigenvalue weighted by atomic mass is 19.4. The third-order valence-electron chi connectivity index (χ3n) is 25.7. The van der Waals surface area contributed by atoms with Crippen LogP contribution in [0.5, 0.6) is 0 Å². The molecule has 3 aliphatic heterocycles. The van der Waals surface area contributed by atoms with Gasteiger partial charge in [0.1, 0.15) is 93.1 Å². The molecule has 45 heteroatoms. The van der Waals surface area contributed by atoms with E-state index in [2.05, 4.69) is 47.4 Å². The number of anilines is 5. The minimum absolute atomic E-state index is 0.0237. The van der Waals surface area contributed by atoms with E-state index < -0.39 is 156 Å². The molecule has 12 heterocycles. The van der Waals surface area contributed by atoms with Crippen LogP contribution in [0.4, 0.5) is 89.9 Å². The second-order valence-electron chi connectivity index (χ2n) is 35.2. The first kappa shape index (κ1) is 105. The van der Waals surface area contributed by atoms with E-state index in [4.69, 9.17) is 28.4 Å². The number of aryl methyl sites for hydroxylation is 5. The lowest BCUT2D eigenvalue weighted by molar-refractivity contribution is -0.167. The number of benzene rings is 5. The molecule has 3 saturated heterocycles. The number of carbonyl (C=O) groups is 5. The van der Waals surface area contributed by atoms with Crippen LogP contribution >= 0.6 is 0 Å². The van der Waals surface area contributed by atoms with E-state index in [1.54, 1.807) is 116 Å². The van der Waals surface area contributed by atoms with Crippen molar-refractivity contribution in [3.8, 4) is 33.6 Å². The molecule has 17 rings (SSSR count). The molecule has 3 N–H and O–H groups in total. The number of ether oxygens (including phenoxy) is 6. The molecule has 3 amide bonds. The molecule has 0 unspecified atom stereocenters. The number of fused-ring (bicyclic) bond motifs is 5. The summed E-state index contributed by atoms with van der Waals surface area (Å²) in [5.74, 6) is -11.1. The lowest BCUT2D eigenvalue weighted by Gasteiger charge is -2.38. The van der Waals surface area contributed by atoms with Crippen LogP contribution in [0, 0.1) is 49.9 Å². The van der Waals surface area contributed by atoms with Crippen molar-refractivity contribution in [1.29, 1.82) is 0 Å². The van der Waals surface area contributed by atoms with Gasteiger partial charge in [-0.3, -0.25) is 24.0 Å². The Morgan fingerprint density at radius 2 is 0.781 bits per heavy atom. The number of hydrogen-bond acceptors (Lipinski definition) is 23. The maximum Gasteiger partial charge on any atom is 0.411 e. The summed E-state index contributed by atoms with van der Waals surface area (Å²) in [5.41, 5.74) is 6.94. The van der Waals surface area contributed by atoms with Crippen molar-refractivity contribution in [3.63, 3.8) is 0 Å². The van der Waals surface area contributed by atoms with Crippen LogP contribution in [-0.2, 0) is 71.4 Å². The molecule has 5 aromatic carbocycles. The van der Waals surface area contributed by atoms with Crippen molar-refractivity contribution in [2.45, 2.75) is 94.8 Å². The lowest BCUT2D eigenvalue weighted by Crippen LogP contribution is -2.53. The minimum Gasteiger partial charge on any atom is -0.500 e. The van der Waals surface area contributed by atoms with Gasteiger partial charge in [0.15, 0.2) is 5.82 Å². The fourth-order valence-corrected chi connectivity index (χ4v) is 17.8. The number of esters is 2. The van der Waals surface area contributed by atoms with E-state index in [9.17, 15) is 73.1 Å². The smallest absolute Gasteiger partial charge is 0.411 e. The third-order valence-corrected chi connectivity index (χ3v) is 25.7. The van der Waals surface area contributed by atoms with Crippen LogP contribution < -0.4 is 51.6 Å². The molecule has 146 heavy (non-hydrogen) atoms. The number of nitrogens with zero attached hydrogens (tertiary/aromatic N) is 15. The number of imidazole rings is 3. The monoisotopic (exact) mass is 2040 g/mol. The summed E-state index contributed by atoms with van der Waals surface area (Å²) < 4.78 is 237. The Kier molecular flexibility index (Phi) is 30.7. The van der Waals surface area contributed by atoms with Gasteiger partial charge in [-0.1, -0.05) is 6.58 Å². The van der Waals surface area contributed by atoms with Crippen LogP contribution in [0.2, 0.25) is 0 Å². The summed E-state index contributed by atoms with van der Waals surface area (Å²) in [5, 5.41) is 9.06. The standard InChI is InChI=1S/C36H35F5N6O4.C35H33F5N6O5.C30H30F4N6O4/c1-20(50-5)29(43-34(48)32-27(37)16-24(17-28(32)38)46-12-13-51-19-31(46)36(39,40)41)18-23-6-8-25(33-42-10-11-47(23)33)26-15-21-14-22(44(2)3)7-9-30(21)45(4)35(26)49;1-43(2)20-6-8-28-19(13-20)14-24(33(48)44(28)3)23-7-5-21(46-10-9-41-31(23)46)17-27(34(49)50-4)42-32(47)30-25(36)15-22(16-26(30)37)45-11-12-51-18-29(45)35(38,39)40;1-16-11-20(39-9-10-44-15-24(39)30(32,33)34)12-22(31)25(16)28(41)38-23(29(42)43-4)13-19-5-6-21(27-35-7-8-40(19)27)26-36-14-17(2)18(3)37-26/h6-11,14-17,29,31H,1,12-13,18-19H2,2-5H3,(H,43,48);5-10,13-16,27,29H,11-12,17-18H2,1-4H3,(H,42,47);5-8,11-12,14,23-24H,9-10,13,15H2,1-4H3,(H,38,41)/t29-,31+;27-,29+;23-,24+/m000/s1. The number of hydrogen-bond donors (Lipinski definition) is 3. The molecule has 0 bridgehead atoms. The zero-order chi connectivity index (χ0) is 105. The van der Waals surface area contributed by atoms with Crippen molar-refractivity contribution in [3.05, 3.63) is 277 Å². The van der Waals surface area contributed by atoms with Gasteiger partial charge < -0.3 is 91.2 Å². The molecule has 768 valence electrons. The number of aromatic nitrogens is 10. The molecule has 0 aliphatic carbocycles. The quantitative estimate of drug-likeness (QED) is 0.0287. The number of pyridine rings is 5. The maximum absolute atomic E-state index is 15.4. The minimum atomic E-state index is -4.74. The second kappa shape index (κ2) is 42.8. The predicted molar refractivity (Wildman–Crippen MR) is 514 cm³/mol. The maximum atomic E-state index is 15.4. The van der Waals surface area contributed by atoms with Gasteiger partial charge in [-0.25, -0.2) is 56.5 Å². The van der Waals surface area contributed by atoms with Gasteiger partial charge in [-0.15, -0.1) is 0 Å². The zero-order valence-electron chi connectivity index (χ0n) is 80.6. The second-order valence-corrected chi connectivity index (χ2v) is 35.2. The van der Waals surface area contributed by atoms with Crippen LogP contribution in [0.25, 0.3) is 72.4 Å². The van der Waals surface area contributed by atoms with Crippen LogP contribution in [0.3, 0.4) is 0 Å². The van der Waals surface area contributed by atoms with E-state index in [1.807, 2.05) is 94.3 Å². The first-order valence-electron chi connectivity index (χ1n) is 45.4. The highest BCUT2D eigenvalue weighted by Crippen LogP contribution is 2.40. The first-order valence-corrected chi connectivity index (χ1v) is 45.4. The Hall–Kier alpha value is -15.5. The Morgan fingerprint density at radius 1 is 0.438 bits per heavy atom. The van der Waals surface area contributed by atoms with Crippen LogP contribution in [-0.4, -0.2) is 240 Å². The number of morpholine rings is 3. The summed E-state index contributed by atoms with van der Waals surface area (Å²) in [7, 11) is 14.6. The Bertz CT molecular complexity index is 7150. The summed E-state index contributed by atoms with van der Waals surface area (Å²) >= 11 is 0. The number of rotatable bonds is 24. The number of amides is 3. The molecule has 9 aromatic heterocycles. The molecule has 0 saturated carbocycles. The van der Waals surface area contributed by atoms with Gasteiger partial charge in [0.25, 0.3) is 28.8 Å². The predicted octanol–water partition coefficient (Wildman–Crippen LogP) is 14.1. The van der Waals surface area contributed by atoms with Gasteiger partial charge >= 0.3 is 30.5 Å². The highest BCUT2D eigenvalue weighted by molar-refractivity contribution is 6.00. The first-order chi connectivity index (χ1) is 69.3. The number of halogens is 14. The summed E-state index contributed by atoms with van der Waals surface area (Å²) in [4.78, 5) is 121. The van der Waals surface area contributed by atoms with Gasteiger partial charge in [0.2, 0.25) is 0 Å². The number of alkyl halides is 9. The zero-order valence-corrected chi connectivity index (χ0v) is 80.6. The fraction of sp³-hybridized carbons (Fsp3) is 0.327. The molecule has 31 nitrogen and oxygen atoms in total. The Morgan fingerprint density at radius 3 is 1.13 bits per heavy atom. The van der Waals surface area contributed by atoms with E-state index in [-0.39, 0.29) is 92.5 Å². The molecule has 14 aromatic rings. The fourth-order valence-electron chi connectivity index (χ4n) is 17.8. The summed E-state index contributed by atoms with van der Waals surface area (Å²) in [6.45, 7) is 6.28. The van der Waals surface area contributed by atoms with Crippen molar-refractivity contribution < 1.29 is 114 Å². The molecule has 0 spiro atoms. The summed E-state index contributed by atoms with van der Waals surface area (Å²) in [6, 6.07) is 20.4. The van der Waals surface area contributed by atoms with E-state index in [1.165, 1.54) is 26.3 Å². The van der Waals surface area contributed by atoms with Gasteiger partial charge in [0.05, 0.1) is 100 Å². The molecule has 6 atom stereocenters. The normalized spacial score (nSPS) is 15.8. The third kappa shape index (κ3) is 21.8. The van der Waals surface area contributed by atoms with Gasteiger partial charge in [-0.2, -0.15) is 39.5 Å². The molecule has 0 radical (unpaired) electrons. The SMILES string of the molecule is C=C(OC)[C@H](Cc1ccc(-c2cc3cc(N(C)C)ccc3n(C)c2=O)c2nccn12)NC(=O)c1c(F)cc(N2CCOC[C@@H]2C(F)(F)F)cc1F.COC(=O)[C@H](Cc1ccc(-c2cc3cc(N(C)C)ccc3n(C)c2=O)c2nccn12)NC(=O)c1c(F)cc(N2CCOC[C@@H]2C(F)(F)F)cc1F.COC(=O)[C@H](Cc1ccc(-c2ncc(C)c(C)n2)c2nccn12)NC(=O)c1c(C)cc(N2CCOC[C@@H]2C(F)(F)F)cc1F. The lowest BCUT2D eigenvalue weighted by atomic mass is 10.0. The molecular formula is C101H98F14N18O13. The van der Waals surface area contributed by atoms with Crippen molar-refractivity contribution >= 4 is 96.8 Å². The molecule has 3 fully saturated rings. The van der Waals surface area contributed by atoms with Crippen molar-refractivity contribution in [1.82, 2.24) is 63.2 Å². The highest BCUT2D eigenvalue weighted by Gasteiger charge is 2.49. The topological polar surface area (TPSA) is 315 Å². The number of nitrogens with one attached hydrogen (secondary N) is 3. The Labute approximate surface area is 823 Å². The van der Waals surface area contributed by atoms with Gasteiger partial charge in [0, 0.05) is 198 Å². The number of carbonyl (C=O) groups excluding carboxylic acids is 5. The molecular weight excluding hydrogens is 1940 g/mol. The van der Waals surface area contributed by atoms with Crippen molar-refractivity contribution in [2.75, 3.05) is 133 Å². The average Bonchev–Trinajstić information content (AvgIpc) is 1.34. The van der Waals surface area contributed by atoms with E-state index in [0.717, 1.165) is 79.4 Å². The number of methoxy groups -OCH3 is 3. The van der Waals surface area contributed by atoms with E-state index in [0.29, 0.717) is 91.9 Å². The van der Waals surface area contributed by atoms with Crippen molar-refractivity contribution in [2.24, 2.45) is 14.1 Å². The van der Waals surface area contributed by atoms with Crippen LogP contribution in [0.1, 0.15) is 65.0 Å². The average molecular weight is 2040 g/mol. The van der Waals surface area contributed by atoms with Gasteiger partial charge in [-0.05, 0) is 153 Å². The Balaban J connectivity index is 0.000000165. The molecule has 3 aliphatic rings. The van der Waals surface area contributed by atoms with E-state index >= 15 is 22.0 Å². The van der Waals surface area contributed by atoms with Crippen LogP contribution in [0.15, 0.2) is 187 Å². The largest absolute Gasteiger partial charge is 0.500 e. The summed E-state index contributed by atoms with van der Waals surface area (Å²) in [6.07, 6.45) is -2.99.